The molecule has 0 atom stereocenters. The molecule has 1 aromatic carbocycles. The molecule has 11 nitrogen and oxygen atoms in total. The molecule has 6 fully saturated rings. The van der Waals surface area contributed by atoms with Crippen LogP contribution in [-0.4, -0.2) is 76.1 Å². The highest BCUT2D eigenvalue weighted by Crippen LogP contribution is 2.58. The van der Waals surface area contributed by atoms with E-state index in [4.69, 9.17) is 18.9 Å². The number of hydrogen-bond acceptors (Lipinski definition) is 9. The van der Waals surface area contributed by atoms with Crippen molar-refractivity contribution in [2.24, 2.45) is 11.3 Å². The predicted octanol–water partition coefficient (Wildman–Crippen LogP) is 6.32. The zero-order valence-corrected chi connectivity index (χ0v) is 28.6. The van der Waals surface area contributed by atoms with Crippen LogP contribution < -0.4 is 9.64 Å². The number of fused-ring (bicyclic) bond motifs is 3. The number of aromatic nitrogens is 3. The Labute approximate surface area is 287 Å². The summed E-state index contributed by atoms with van der Waals surface area (Å²) in [5.41, 5.74) is 3.55. The third-order valence-corrected chi connectivity index (χ3v) is 12.2. The van der Waals surface area contributed by atoms with Gasteiger partial charge in [0.1, 0.15) is 17.7 Å². The van der Waals surface area contributed by atoms with Crippen molar-refractivity contribution >= 4 is 17.8 Å². The molecule has 0 radical (unpaired) electrons. The van der Waals surface area contributed by atoms with Crippen LogP contribution in [0.25, 0.3) is 11.5 Å². The maximum atomic E-state index is 14.6. The maximum absolute atomic E-state index is 14.6. The lowest BCUT2D eigenvalue weighted by Gasteiger charge is -2.55. The molecule has 6 aliphatic rings. The second kappa shape index (κ2) is 12.7. The van der Waals surface area contributed by atoms with Crippen molar-refractivity contribution in [1.29, 1.82) is 0 Å². The Bertz CT molecular complexity index is 1680. The quantitative estimate of drug-likeness (QED) is 0.278. The highest BCUT2D eigenvalue weighted by atomic mass is 16.6. The van der Waals surface area contributed by atoms with E-state index in [2.05, 4.69) is 35.3 Å². The number of carbonyl (C=O) groups is 2. The summed E-state index contributed by atoms with van der Waals surface area (Å²) in [6.07, 6.45) is 11.9. The van der Waals surface area contributed by atoms with Gasteiger partial charge in [0.15, 0.2) is 0 Å². The minimum atomic E-state index is -0.463. The number of β-amino-alcohol motifs (C(OH)–C–C–N with tert-alkyl or cyclic N) is 1. The Kier molecular flexibility index (Phi) is 8.36. The van der Waals surface area contributed by atoms with Crippen LogP contribution in [0.2, 0.25) is 0 Å². The molecule has 0 unspecified atom stereocenters. The number of aryl methyl sites for hydroxylation is 1. The minimum Gasteiger partial charge on any atom is -0.496 e. The number of carbonyl (C=O) groups excluding carboxylic acids is 2. The summed E-state index contributed by atoms with van der Waals surface area (Å²) in [6, 6.07) is 10.5. The highest BCUT2D eigenvalue weighted by molar-refractivity contribution is 5.94. The van der Waals surface area contributed by atoms with Crippen LogP contribution in [0.3, 0.4) is 0 Å². The van der Waals surface area contributed by atoms with Gasteiger partial charge >= 0.3 is 6.09 Å². The molecule has 1 saturated heterocycles. The normalized spacial score (nSPS) is 28.2. The van der Waals surface area contributed by atoms with Gasteiger partial charge in [-0.05, 0) is 124 Å². The second-order valence-electron chi connectivity index (χ2n) is 15.4. The number of hydrogen-bond donors (Lipinski definition) is 1. The number of aliphatic hydroxyl groups excluding tert-OH is 1. The number of nitrogens with zero attached hydrogens (tertiary/aromatic N) is 5. The SMILES string of the molecule is COc1ccc(C23CCC(CN(C(=O)C4CCC(OC(=O)N5CC(O)C5)CC4)c4cc(-c5nnc(C6CC6)o5)ccn4)(CC2)CC3)cc1C. The van der Waals surface area contributed by atoms with Gasteiger partial charge < -0.3 is 23.9 Å². The fraction of sp³-hybridized carbons (Fsp3) is 0.605. The van der Waals surface area contributed by atoms with Crippen LogP contribution in [0.4, 0.5) is 10.6 Å². The number of rotatable bonds is 9. The molecule has 0 spiro atoms. The van der Waals surface area contributed by atoms with Crippen LogP contribution in [0.1, 0.15) is 100.0 Å². The minimum absolute atomic E-state index is 0.0226. The second-order valence-corrected chi connectivity index (χ2v) is 15.4. The molecule has 1 N–H and O–H groups in total. The van der Waals surface area contributed by atoms with E-state index < -0.39 is 6.10 Å². The van der Waals surface area contributed by atoms with E-state index in [9.17, 15) is 14.7 Å². The van der Waals surface area contributed by atoms with Crippen LogP contribution in [0.15, 0.2) is 40.9 Å². The first kappa shape index (κ1) is 32.2. The summed E-state index contributed by atoms with van der Waals surface area (Å²) in [6.45, 7) is 3.39. The summed E-state index contributed by atoms with van der Waals surface area (Å²) in [5, 5.41) is 18.2. The number of ether oxygens (including phenoxy) is 2. The Hall–Kier alpha value is -3.99. The largest absolute Gasteiger partial charge is 0.496 e. The molecule has 5 aliphatic carbocycles. The third-order valence-electron chi connectivity index (χ3n) is 12.2. The van der Waals surface area contributed by atoms with Crippen LogP contribution in [0.5, 0.6) is 5.75 Å². The average molecular weight is 670 g/mol. The van der Waals surface area contributed by atoms with Gasteiger partial charge in [-0.3, -0.25) is 9.69 Å². The van der Waals surface area contributed by atoms with E-state index in [1.54, 1.807) is 13.3 Å². The van der Waals surface area contributed by atoms with Crippen LogP contribution in [-0.2, 0) is 14.9 Å². The fourth-order valence-electron chi connectivity index (χ4n) is 8.76. The third kappa shape index (κ3) is 6.30. The Morgan fingerprint density at radius 2 is 1.71 bits per heavy atom. The van der Waals surface area contributed by atoms with E-state index >= 15 is 0 Å². The summed E-state index contributed by atoms with van der Waals surface area (Å²) >= 11 is 0. The molecule has 9 rings (SSSR count). The van der Waals surface area contributed by atoms with E-state index in [1.807, 2.05) is 17.0 Å². The lowest BCUT2D eigenvalue weighted by Crippen LogP contribution is -2.54. The van der Waals surface area contributed by atoms with Crippen molar-refractivity contribution < 1.29 is 28.6 Å². The predicted molar refractivity (Wildman–Crippen MR) is 181 cm³/mol. The number of likely N-dealkylation sites (tertiary alicyclic amines) is 1. The lowest BCUT2D eigenvalue weighted by atomic mass is 9.51. The molecule has 2 aromatic heterocycles. The Morgan fingerprint density at radius 1 is 0.980 bits per heavy atom. The molecule has 3 heterocycles. The van der Waals surface area contributed by atoms with Gasteiger partial charge in [-0.2, -0.15) is 0 Å². The molecule has 1 aliphatic heterocycles. The van der Waals surface area contributed by atoms with Crippen molar-refractivity contribution in [1.82, 2.24) is 20.1 Å². The van der Waals surface area contributed by atoms with Crippen molar-refractivity contribution in [3.63, 3.8) is 0 Å². The van der Waals surface area contributed by atoms with Gasteiger partial charge in [0.05, 0.1) is 26.3 Å². The number of benzene rings is 1. The van der Waals surface area contributed by atoms with Gasteiger partial charge in [0.25, 0.3) is 0 Å². The number of anilines is 1. The molecule has 260 valence electrons. The fourth-order valence-corrected chi connectivity index (χ4v) is 8.76. The van der Waals surface area contributed by atoms with Crippen molar-refractivity contribution in [2.45, 2.75) is 108 Å². The molecular weight excluding hydrogens is 622 g/mol. The summed E-state index contributed by atoms with van der Waals surface area (Å²) in [5.74, 6) is 2.97. The van der Waals surface area contributed by atoms with E-state index in [0.29, 0.717) is 68.8 Å². The average Bonchev–Trinajstić information content (AvgIpc) is 3.85. The summed E-state index contributed by atoms with van der Waals surface area (Å²) in [4.78, 5) is 35.3. The zero-order chi connectivity index (χ0) is 33.8. The highest BCUT2D eigenvalue weighted by Gasteiger charge is 2.51. The zero-order valence-electron chi connectivity index (χ0n) is 28.6. The van der Waals surface area contributed by atoms with Crippen molar-refractivity contribution in [2.75, 3.05) is 31.6 Å². The molecule has 3 aromatic rings. The first-order valence-corrected chi connectivity index (χ1v) is 18.1. The van der Waals surface area contributed by atoms with Crippen molar-refractivity contribution in [3.05, 3.63) is 53.5 Å². The summed E-state index contributed by atoms with van der Waals surface area (Å²) < 4.78 is 17.3. The van der Waals surface area contributed by atoms with Gasteiger partial charge in [0.2, 0.25) is 17.7 Å². The Balaban J connectivity index is 1.01. The molecule has 2 bridgehead atoms. The van der Waals surface area contributed by atoms with Gasteiger partial charge in [-0.1, -0.05) is 12.1 Å². The number of aliphatic hydroxyl groups is 1. The molecule has 2 amide bonds. The number of methoxy groups -OCH3 is 1. The standard InChI is InChI=1S/C38H47N5O6/c1-24-19-28(7-10-31(24)47-2)38-15-12-37(13-16-38,14-17-38)23-43(32-20-27(11-18-39-32)34-41-40-33(49-34)25-3-4-25)35(45)26-5-8-30(9-6-26)48-36(46)42-21-29(44)22-42/h7,10-11,18-20,25-26,29-30,44H,3-6,8-9,12-17,21-23H2,1-2H3. The Morgan fingerprint density at radius 3 is 2.37 bits per heavy atom. The first-order chi connectivity index (χ1) is 23.7. The monoisotopic (exact) mass is 669 g/mol. The van der Waals surface area contributed by atoms with Gasteiger partial charge in [-0.25, -0.2) is 9.78 Å². The van der Waals surface area contributed by atoms with E-state index in [1.165, 1.54) is 16.0 Å². The van der Waals surface area contributed by atoms with Crippen LogP contribution >= 0.6 is 0 Å². The molecule has 49 heavy (non-hydrogen) atoms. The molecule has 11 heteroatoms. The van der Waals surface area contributed by atoms with Crippen molar-refractivity contribution in [3.8, 4) is 17.2 Å². The number of amides is 2. The lowest BCUT2D eigenvalue weighted by molar-refractivity contribution is -0.124. The van der Waals surface area contributed by atoms with Gasteiger partial charge in [-0.15, -0.1) is 10.2 Å². The number of pyridine rings is 1. The first-order valence-electron chi connectivity index (χ1n) is 18.1. The smallest absolute Gasteiger partial charge is 0.410 e. The molecule has 5 saturated carbocycles. The van der Waals surface area contributed by atoms with Crippen LogP contribution in [0, 0.1) is 18.3 Å². The topological polar surface area (TPSA) is 131 Å². The van der Waals surface area contributed by atoms with Gasteiger partial charge in [0, 0.05) is 30.1 Å². The van der Waals surface area contributed by atoms with E-state index in [0.717, 1.165) is 62.7 Å². The van der Waals surface area contributed by atoms with E-state index in [-0.39, 0.29) is 34.9 Å². The summed E-state index contributed by atoms with van der Waals surface area (Å²) in [7, 11) is 1.72. The molecular formula is C38H47N5O6. The maximum Gasteiger partial charge on any atom is 0.410 e.